The lowest BCUT2D eigenvalue weighted by atomic mass is 10.1. The minimum Gasteiger partial charge on any atom is -0.500 e. The van der Waals surface area contributed by atoms with Gasteiger partial charge in [0.05, 0.1) is 13.5 Å². The van der Waals surface area contributed by atoms with Gasteiger partial charge in [-0.2, -0.15) is 0 Å². The summed E-state index contributed by atoms with van der Waals surface area (Å²) in [5, 5.41) is 0. The maximum atomic E-state index is 11.8. The standard InChI is InChI=1S/C14H14O5/c1-10(15)19-14(9-18-2)13(17)8-12(16)11-6-4-3-5-7-11/h3-7,9H,8H2,1-2H3/b14-9-. The molecule has 0 fully saturated rings. The van der Waals surface area contributed by atoms with Crippen LogP contribution in [0.1, 0.15) is 23.7 Å². The second-order valence-corrected chi connectivity index (χ2v) is 3.70. The van der Waals surface area contributed by atoms with Gasteiger partial charge in [-0.25, -0.2) is 0 Å². The van der Waals surface area contributed by atoms with Gasteiger partial charge in [-0.05, 0) is 0 Å². The molecule has 1 aromatic rings. The molecule has 0 amide bonds. The molecule has 100 valence electrons. The van der Waals surface area contributed by atoms with Crippen LogP contribution >= 0.6 is 0 Å². The number of rotatable bonds is 6. The Labute approximate surface area is 110 Å². The van der Waals surface area contributed by atoms with Gasteiger partial charge in [0.25, 0.3) is 0 Å². The molecule has 19 heavy (non-hydrogen) atoms. The average Bonchev–Trinajstić information content (AvgIpc) is 2.38. The van der Waals surface area contributed by atoms with E-state index >= 15 is 0 Å². The molecular weight excluding hydrogens is 248 g/mol. The number of carbonyl (C=O) groups excluding carboxylic acids is 3. The third-order valence-electron chi connectivity index (χ3n) is 2.17. The first-order valence-electron chi connectivity index (χ1n) is 5.57. The molecule has 0 saturated carbocycles. The molecule has 0 saturated heterocycles. The lowest BCUT2D eigenvalue weighted by Gasteiger charge is -2.05. The number of ether oxygens (including phenoxy) is 2. The van der Waals surface area contributed by atoms with Gasteiger partial charge < -0.3 is 9.47 Å². The summed E-state index contributed by atoms with van der Waals surface area (Å²) in [5.41, 5.74) is 0.426. The summed E-state index contributed by atoms with van der Waals surface area (Å²) in [6, 6.07) is 8.40. The van der Waals surface area contributed by atoms with Crippen LogP contribution in [0.4, 0.5) is 0 Å². The molecule has 0 radical (unpaired) electrons. The van der Waals surface area contributed by atoms with Gasteiger partial charge in [0.2, 0.25) is 11.5 Å². The van der Waals surface area contributed by atoms with Crippen molar-refractivity contribution in [3.63, 3.8) is 0 Å². The number of esters is 1. The maximum Gasteiger partial charge on any atom is 0.308 e. The summed E-state index contributed by atoms with van der Waals surface area (Å²) in [6.07, 6.45) is 0.620. The van der Waals surface area contributed by atoms with Crippen LogP contribution in [-0.2, 0) is 19.1 Å². The second-order valence-electron chi connectivity index (χ2n) is 3.70. The second kappa shape index (κ2) is 7.10. The van der Waals surface area contributed by atoms with Crippen molar-refractivity contribution in [2.75, 3.05) is 7.11 Å². The van der Waals surface area contributed by atoms with Crippen LogP contribution < -0.4 is 0 Å². The van der Waals surface area contributed by atoms with Crippen LogP contribution in [-0.4, -0.2) is 24.6 Å². The van der Waals surface area contributed by atoms with Crippen LogP contribution in [0.15, 0.2) is 42.4 Å². The predicted octanol–water partition coefficient (Wildman–Crippen LogP) is 1.88. The number of ketones is 2. The molecule has 5 nitrogen and oxygen atoms in total. The van der Waals surface area contributed by atoms with Crippen LogP contribution in [0.3, 0.4) is 0 Å². The topological polar surface area (TPSA) is 69.7 Å². The van der Waals surface area contributed by atoms with Gasteiger partial charge in [-0.15, -0.1) is 0 Å². The summed E-state index contributed by atoms with van der Waals surface area (Å²) in [5.74, 6) is -1.88. The maximum absolute atomic E-state index is 11.8. The fraction of sp³-hybridized carbons (Fsp3) is 0.214. The van der Waals surface area contributed by atoms with E-state index in [0.717, 1.165) is 13.2 Å². The Morgan fingerprint density at radius 1 is 1.16 bits per heavy atom. The number of carbonyl (C=O) groups is 3. The lowest BCUT2D eigenvalue weighted by molar-refractivity contribution is -0.140. The first kappa shape index (κ1) is 14.6. The zero-order valence-electron chi connectivity index (χ0n) is 10.7. The van der Waals surface area contributed by atoms with E-state index in [9.17, 15) is 14.4 Å². The Kier molecular flexibility index (Phi) is 5.47. The van der Waals surface area contributed by atoms with Gasteiger partial charge >= 0.3 is 5.97 Å². The van der Waals surface area contributed by atoms with Crippen molar-refractivity contribution in [1.82, 2.24) is 0 Å². The van der Waals surface area contributed by atoms with Crippen LogP contribution in [0.25, 0.3) is 0 Å². The Morgan fingerprint density at radius 2 is 1.79 bits per heavy atom. The van der Waals surface area contributed by atoms with Crippen molar-refractivity contribution in [2.24, 2.45) is 0 Å². The number of benzene rings is 1. The monoisotopic (exact) mass is 262 g/mol. The fourth-order valence-electron chi connectivity index (χ4n) is 1.37. The zero-order chi connectivity index (χ0) is 14.3. The highest BCUT2D eigenvalue weighted by molar-refractivity contribution is 6.12. The van der Waals surface area contributed by atoms with E-state index in [-0.39, 0.29) is 18.0 Å². The first-order valence-corrected chi connectivity index (χ1v) is 5.57. The van der Waals surface area contributed by atoms with E-state index in [4.69, 9.17) is 0 Å². The van der Waals surface area contributed by atoms with Crippen LogP contribution in [0, 0.1) is 0 Å². The number of allylic oxidation sites excluding steroid dienone is 1. The van der Waals surface area contributed by atoms with Gasteiger partial charge in [-0.1, -0.05) is 30.3 Å². The minimum atomic E-state index is -0.649. The Morgan fingerprint density at radius 3 is 2.32 bits per heavy atom. The number of methoxy groups -OCH3 is 1. The third-order valence-corrected chi connectivity index (χ3v) is 2.17. The van der Waals surface area contributed by atoms with Crippen LogP contribution in [0.5, 0.6) is 0 Å². The van der Waals surface area contributed by atoms with Crippen LogP contribution in [0.2, 0.25) is 0 Å². The number of hydrogen-bond acceptors (Lipinski definition) is 5. The van der Waals surface area contributed by atoms with Gasteiger partial charge in [0.15, 0.2) is 5.78 Å². The van der Waals surface area contributed by atoms with E-state index in [0.29, 0.717) is 5.56 Å². The van der Waals surface area contributed by atoms with E-state index in [1.54, 1.807) is 30.3 Å². The Hall–Kier alpha value is -2.43. The van der Waals surface area contributed by atoms with Crippen molar-refractivity contribution in [3.05, 3.63) is 47.9 Å². The fourth-order valence-corrected chi connectivity index (χ4v) is 1.37. The first-order chi connectivity index (χ1) is 9.04. The Balaban J connectivity index is 2.75. The molecule has 0 aliphatic heterocycles. The van der Waals surface area contributed by atoms with Crippen molar-refractivity contribution >= 4 is 17.5 Å². The highest BCUT2D eigenvalue weighted by Crippen LogP contribution is 2.09. The highest BCUT2D eigenvalue weighted by atomic mass is 16.6. The van der Waals surface area contributed by atoms with Crippen molar-refractivity contribution in [2.45, 2.75) is 13.3 Å². The molecule has 0 unspecified atom stereocenters. The molecule has 0 N–H and O–H groups in total. The Bertz CT molecular complexity index is 502. The average molecular weight is 262 g/mol. The summed E-state index contributed by atoms with van der Waals surface area (Å²) >= 11 is 0. The van der Waals surface area contributed by atoms with Gasteiger partial charge in [-0.3, -0.25) is 14.4 Å². The molecular formula is C14H14O5. The lowest BCUT2D eigenvalue weighted by Crippen LogP contribution is -2.14. The summed E-state index contributed by atoms with van der Waals surface area (Å²) < 4.78 is 9.33. The van der Waals surface area contributed by atoms with Crippen molar-refractivity contribution < 1.29 is 23.9 Å². The smallest absolute Gasteiger partial charge is 0.308 e. The summed E-state index contributed by atoms with van der Waals surface area (Å²) in [4.78, 5) is 34.5. The molecule has 0 aliphatic rings. The van der Waals surface area contributed by atoms with E-state index in [1.165, 1.54) is 7.11 Å². The van der Waals surface area contributed by atoms with Gasteiger partial charge in [0, 0.05) is 12.5 Å². The highest BCUT2D eigenvalue weighted by Gasteiger charge is 2.18. The summed E-state index contributed by atoms with van der Waals surface area (Å²) in [6.45, 7) is 1.16. The predicted molar refractivity (Wildman–Crippen MR) is 67.3 cm³/mol. The van der Waals surface area contributed by atoms with Crippen molar-refractivity contribution in [1.29, 1.82) is 0 Å². The molecule has 0 bridgehead atoms. The molecule has 0 aromatic heterocycles. The summed E-state index contributed by atoms with van der Waals surface area (Å²) in [7, 11) is 1.32. The van der Waals surface area contributed by atoms with E-state index in [1.807, 2.05) is 0 Å². The van der Waals surface area contributed by atoms with E-state index in [2.05, 4.69) is 9.47 Å². The van der Waals surface area contributed by atoms with Crippen molar-refractivity contribution in [3.8, 4) is 0 Å². The largest absolute Gasteiger partial charge is 0.500 e. The number of hydrogen-bond donors (Lipinski definition) is 0. The molecule has 0 spiro atoms. The quantitative estimate of drug-likeness (QED) is 0.257. The van der Waals surface area contributed by atoms with E-state index < -0.39 is 11.8 Å². The SMILES string of the molecule is CO/C=C(\OC(C)=O)C(=O)CC(=O)c1ccccc1. The third kappa shape index (κ3) is 4.75. The normalized spacial score (nSPS) is 10.7. The zero-order valence-corrected chi connectivity index (χ0v) is 10.7. The molecule has 0 atom stereocenters. The molecule has 5 heteroatoms. The van der Waals surface area contributed by atoms with Gasteiger partial charge in [0.1, 0.15) is 6.26 Å². The molecule has 1 aromatic carbocycles. The molecule has 1 rings (SSSR count). The number of Topliss-reactive ketones (excluding diaryl/α,β-unsaturated/α-hetero) is 2. The molecule has 0 heterocycles. The molecule has 0 aliphatic carbocycles. The minimum absolute atomic E-state index is 0.278.